The molecule has 0 fully saturated rings. The fraction of sp³-hybridized carbons (Fsp3) is 0.222. The van der Waals surface area contributed by atoms with Crippen LogP contribution in [0.4, 0.5) is 11.4 Å². The van der Waals surface area contributed by atoms with Gasteiger partial charge in [0.2, 0.25) is 0 Å². The van der Waals surface area contributed by atoms with Gasteiger partial charge in [-0.25, -0.2) is 9.79 Å². The second-order valence-electron chi connectivity index (χ2n) is 4.80. The Hall–Kier alpha value is -2.82. The van der Waals surface area contributed by atoms with Crippen LogP contribution in [0.2, 0.25) is 0 Å². The topological polar surface area (TPSA) is 51.1 Å². The molecule has 2 aromatic rings. The molecule has 5 nitrogen and oxygen atoms in total. The Balaban J connectivity index is 2.17. The van der Waals surface area contributed by atoms with E-state index in [9.17, 15) is 4.79 Å². The second kappa shape index (κ2) is 7.98. The molecule has 0 aromatic heterocycles. The van der Waals surface area contributed by atoms with Gasteiger partial charge in [-0.2, -0.15) is 0 Å². The van der Waals surface area contributed by atoms with Gasteiger partial charge in [0.1, 0.15) is 11.3 Å². The number of carbonyl (C=O) groups excluding carboxylic acids is 1. The van der Waals surface area contributed by atoms with E-state index in [1.165, 1.54) is 7.11 Å². The van der Waals surface area contributed by atoms with Crippen molar-refractivity contribution in [3.63, 3.8) is 0 Å². The molecule has 2 rings (SSSR count). The van der Waals surface area contributed by atoms with Crippen molar-refractivity contribution in [3.8, 4) is 5.75 Å². The van der Waals surface area contributed by atoms with E-state index in [4.69, 9.17) is 9.47 Å². The van der Waals surface area contributed by atoms with Gasteiger partial charge >= 0.3 is 5.97 Å². The van der Waals surface area contributed by atoms with Crippen molar-refractivity contribution in [2.45, 2.75) is 6.92 Å². The number of aliphatic imine (C=N–C) groups is 1. The standard InChI is InChI=1S/C18H20N2O3/c1-4-23-18(21)16-11-10-14(12-17(16)22-3)19-13-20(2)15-8-6-5-7-9-15/h5-13H,4H2,1-3H3. The van der Waals surface area contributed by atoms with Crippen molar-refractivity contribution in [2.75, 3.05) is 25.7 Å². The molecule has 0 atom stereocenters. The molecule has 2 aromatic carbocycles. The molecule has 0 bridgehead atoms. The summed E-state index contributed by atoms with van der Waals surface area (Å²) in [5.41, 5.74) is 2.12. The van der Waals surface area contributed by atoms with Crippen molar-refractivity contribution >= 4 is 23.7 Å². The van der Waals surface area contributed by atoms with Crippen molar-refractivity contribution in [1.82, 2.24) is 0 Å². The number of benzene rings is 2. The third kappa shape index (κ3) is 4.32. The smallest absolute Gasteiger partial charge is 0.341 e. The monoisotopic (exact) mass is 312 g/mol. The Morgan fingerprint density at radius 1 is 1.22 bits per heavy atom. The average molecular weight is 312 g/mol. The summed E-state index contributed by atoms with van der Waals surface area (Å²) in [5, 5.41) is 0. The van der Waals surface area contributed by atoms with E-state index < -0.39 is 5.97 Å². The summed E-state index contributed by atoms with van der Waals surface area (Å²) in [6.45, 7) is 2.09. The molecule has 0 N–H and O–H groups in total. The van der Waals surface area contributed by atoms with Crippen LogP contribution in [0.1, 0.15) is 17.3 Å². The van der Waals surface area contributed by atoms with Crippen molar-refractivity contribution in [2.24, 2.45) is 4.99 Å². The first-order chi connectivity index (χ1) is 11.2. The minimum Gasteiger partial charge on any atom is -0.496 e. The highest BCUT2D eigenvalue weighted by Crippen LogP contribution is 2.25. The third-order valence-corrected chi connectivity index (χ3v) is 3.22. The second-order valence-corrected chi connectivity index (χ2v) is 4.80. The van der Waals surface area contributed by atoms with Crippen LogP contribution in [-0.4, -0.2) is 33.1 Å². The predicted octanol–water partition coefficient (Wildman–Crippen LogP) is 3.67. The predicted molar refractivity (Wildman–Crippen MR) is 91.9 cm³/mol. The summed E-state index contributed by atoms with van der Waals surface area (Å²) in [7, 11) is 3.44. The van der Waals surface area contributed by atoms with Crippen LogP contribution >= 0.6 is 0 Å². The van der Waals surface area contributed by atoms with E-state index >= 15 is 0 Å². The zero-order valence-corrected chi connectivity index (χ0v) is 13.5. The van der Waals surface area contributed by atoms with Gasteiger partial charge in [0, 0.05) is 18.8 Å². The van der Waals surface area contributed by atoms with Gasteiger partial charge in [0.05, 0.1) is 25.7 Å². The van der Waals surface area contributed by atoms with Gasteiger partial charge in [-0.1, -0.05) is 18.2 Å². The van der Waals surface area contributed by atoms with E-state index in [1.807, 2.05) is 42.3 Å². The Morgan fingerprint density at radius 3 is 2.61 bits per heavy atom. The van der Waals surface area contributed by atoms with Crippen LogP contribution in [0.15, 0.2) is 53.5 Å². The van der Waals surface area contributed by atoms with Crippen LogP contribution in [0.3, 0.4) is 0 Å². The number of nitrogens with zero attached hydrogens (tertiary/aromatic N) is 2. The SMILES string of the molecule is CCOC(=O)c1ccc(N=CN(C)c2ccccc2)cc1OC. The van der Waals surface area contributed by atoms with Crippen molar-refractivity contribution in [3.05, 3.63) is 54.1 Å². The number of anilines is 1. The molecule has 0 aliphatic carbocycles. The molecular formula is C18H20N2O3. The quantitative estimate of drug-likeness (QED) is 0.464. The number of rotatable bonds is 6. The minimum atomic E-state index is -0.402. The van der Waals surface area contributed by atoms with Crippen molar-refractivity contribution in [1.29, 1.82) is 0 Å². The van der Waals surface area contributed by atoms with E-state index in [0.29, 0.717) is 23.6 Å². The lowest BCUT2D eigenvalue weighted by atomic mass is 10.2. The first-order valence-electron chi connectivity index (χ1n) is 7.33. The number of methoxy groups -OCH3 is 1. The van der Waals surface area contributed by atoms with Crippen molar-refractivity contribution < 1.29 is 14.3 Å². The van der Waals surface area contributed by atoms with E-state index in [-0.39, 0.29) is 0 Å². The molecule has 0 saturated heterocycles. The lowest BCUT2D eigenvalue weighted by Crippen LogP contribution is -2.13. The third-order valence-electron chi connectivity index (χ3n) is 3.22. The summed E-state index contributed by atoms with van der Waals surface area (Å²) in [4.78, 5) is 18.2. The zero-order chi connectivity index (χ0) is 16.7. The van der Waals surface area contributed by atoms with E-state index in [1.54, 1.807) is 31.5 Å². The molecule has 0 radical (unpaired) electrons. The normalized spacial score (nSPS) is 10.6. The first kappa shape index (κ1) is 16.5. The minimum absolute atomic E-state index is 0.323. The molecule has 0 amide bonds. The number of para-hydroxylation sites is 1. The van der Waals surface area contributed by atoms with E-state index in [2.05, 4.69) is 4.99 Å². The lowest BCUT2D eigenvalue weighted by Gasteiger charge is -2.13. The molecule has 0 aliphatic rings. The molecule has 5 heteroatoms. The summed E-state index contributed by atoms with van der Waals surface area (Å²) in [6, 6.07) is 15.0. The summed E-state index contributed by atoms with van der Waals surface area (Å²) in [5.74, 6) is 0.0433. The number of esters is 1. The number of carbonyl (C=O) groups is 1. The molecule has 0 heterocycles. The summed E-state index contributed by atoms with van der Waals surface area (Å²) < 4.78 is 10.3. The molecule has 0 saturated carbocycles. The summed E-state index contributed by atoms with van der Waals surface area (Å²) in [6.07, 6.45) is 1.72. The number of hydrogen-bond donors (Lipinski definition) is 0. The van der Waals surface area contributed by atoms with Gasteiger partial charge in [0.15, 0.2) is 0 Å². The van der Waals surface area contributed by atoms with Gasteiger partial charge in [0.25, 0.3) is 0 Å². The maximum atomic E-state index is 11.8. The van der Waals surface area contributed by atoms with E-state index in [0.717, 1.165) is 5.69 Å². The molecule has 0 aliphatic heterocycles. The van der Waals surface area contributed by atoms with Crippen LogP contribution < -0.4 is 9.64 Å². The van der Waals surface area contributed by atoms with Crippen LogP contribution in [-0.2, 0) is 4.74 Å². The fourth-order valence-electron chi connectivity index (χ4n) is 2.02. The Bertz CT molecular complexity index is 684. The molecule has 23 heavy (non-hydrogen) atoms. The molecule has 120 valence electrons. The van der Waals surface area contributed by atoms with Gasteiger partial charge in [-0.3, -0.25) is 0 Å². The molecule has 0 unspecified atom stereocenters. The first-order valence-corrected chi connectivity index (χ1v) is 7.33. The van der Waals surface area contributed by atoms with Crippen LogP contribution in [0.5, 0.6) is 5.75 Å². The number of ether oxygens (including phenoxy) is 2. The van der Waals surface area contributed by atoms with Crippen LogP contribution in [0, 0.1) is 0 Å². The van der Waals surface area contributed by atoms with Gasteiger partial charge in [-0.05, 0) is 31.2 Å². The molecule has 0 spiro atoms. The zero-order valence-electron chi connectivity index (χ0n) is 13.5. The van der Waals surface area contributed by atoms with Gasteiger partial charge < -0.3 is 14.4 Å². The highest BCUT2D eigenvalue weighted by Gasteiger charge is 2.13. The highest BCUT2D eigenvalue weighted by molar-refractivity contribution is 5.93. The largest absolute Gasteiger partial charge is 0.496 e. The van der Waals surface area contributed by atoms with Crippen LogP contribution in [0.25, 0.3) is 0 Å². The highest BCUT2D eigenvalue weighted by atomic mass is 16.5. The maximum Gasteiger partial charge on any atom is 0.341 e. The average Bonchev–Trinajstić information content (AvgIpc) is 2.60. The molecular weight excluding hydrogens is 292 g/mol. The number of hydrogen-bond acceptors (Lipinski definition) is 4. The summed E-state index contributed by atoms with van der Waals surface area (Å²) >= 11 is 0. The Morgan fingerprint density at radius 2 is 1.96 bits per heavy atom. The lowest BCUT2D eigenvalue weighted by molar-refractivity contribution is 0.0523. The Kier molecular flexibility index (Phi) is 5.74. The maximum absolute atomic E-state index is 11.8. The Labute approximate surface area is 136 Å². The fourth-order valence-corrected chi connectivity index (χ4v) is 2.02. The van der Waals surface area contributed by atoms with Gasteiger partial charge in [-0.15, -0.1) is 0 Å².